The van der Waals surface area contributed by atoms with Gasteiger partial charge in [-0.15, -0.1) is 5.10 Å². The summed E-state index contributed by atoms with van der Waals surface area (Å²) >= 11 is 6.20. The Kier molecular flexibility index (Phi) is 6.48. The molecule has 1 aromatic heterocycles. The van der Waals surface area contributed by atoms with Crippen LogP contribution >= 0.6 is 11.6 Å². The molecule has 6 nitrogen and oxygen atoms in total. The van der Waals surface area contributed by atoms with E-state index in [1.54, 1.807) is 6.07 Å². The first-order valence-electron chi connectivity index (χ1n) is 10.1. The quantitative estimate of drug-likeness (QED) is 0.571. The maximum Gasteiger partial charge on any atom is 0.307 e. The van der Waals surface area contributed by atoms with Gasteiger partial charge in [0.05, 0.1) is 18.5 Å². The Labute approximate surface area is 181 Å². The Balaban J connectivity index is 2.10. The summed E-state index contributed by atoms with van der Waals surface area (Å²) < 4.78 is 7.44. The third-order valence-electron chi connectivity index (χ3n) is 5.09. The first kappa shape index (κ1) is 22.2. The average Bonchev–Trinajstić information content (AvgIpc) is 3.10. The van der Waals surface area contributed by atoms with Crippen LogP contribution in [0.15, 0.2) is 30.3 Å². The van der Waals surface area contributed by atoms with Crippen molar-refractivity contribution in [2.75, 3.05) is 0 Å². The van der Waals surface area contributed by atoms with Gasteiger partial charge in [-0.2, -0.15) is 0 Å². The van der Waals surface area contributed by atoms with E-state index < -0.39 is 5.60 Å². The third-order valence-corrected chi connectivity index (χ3v) is 5.46. The number of hydrogen-bond donors (Lipinski definition) is 1. The van der Waals surface area contributed by atoms with Crippen molar-refractivity contribution < 1.29 is 14.6 Å². The minimum atomic E-state index is -0.569. The van der Waals surface area contributed by atoms with E-state index in [0.717, 1.165) is 34.3 Å². The van der Waals surface area contributed by atoms with E-state index >= 15 is 0 Å². The number of halogens is 1. The summed E-state index contributed by atoms with van der Waals surface area (Å²) in [6.07, 6.45) is 0.165. The highest BCUT2D eigenvalue weighted by atomic mass is 35.5. The molecule has 0 unspecified atom stereocenters. The summed E-state index contributed by atoms with van der Waals surface area (Å²) in [5.74, 6) is -0.552. The summed E-state index contributed by atoms with van der Waals surface area (Å²) in [4.78, 5) is 12.7. The highest BCUT2D eigenvalue weighted by Crippen LogP contribution is 2.35. The van der Waals surface area contributed by atoms with E-state index in [9.17, 15) is 9.90 Å². The molecule has 1 heterocycles. The number of nitrogens with zero attached hydrogens (tertiary/aromatic N) is 3. The van der Waals surface area contributed by atoms with E-state index in [1.807, 2.05) is 63.6 Å². The number of ether oxygens (including phenoxy) is 1. The number of fused-ring (bicyclic) bond motifs is 1. The topological polar surface area (TPSA) is 77.2 Å². The van der Waals surface area contributed by atoms with Crippen molar-refractivity contribution in [2.45, 2.75) is 65.7 Å². The van der Waals surface area contributed by atoms with Crippen LogP contribution in [0.25, 0.3) is 11.0 Å². The predicted octanol–water partition coefficient (Wildman–Crippen LogP) is 4.77. The van der Waals surface area contributed by atoms with Gasteiger partial charge in [-0.05, 0) is 69.0 Å². The monoisotopic (exact) mass is 429 g/mol. The van der Waals surface area contributed by atoms with E-state index in [2.05, 4.69) is 10.3 Å². The molecule has 0 radical (unpaired) electrons. The van der Waals surface area contributed by atoms with Gasteiger partial charge in [0.2, 0.25) is 0 Å². The highest BCUT2D eigenvalue weighted by molar-refractivity contribution is 6.31. The van der Waals surface area contributed by atoms with Crippen LogP contribution in [0.2, 0.25) is 5.02 Å². The Morgan fingerprint density at radius 1 is 1.27 bits per heavy atom. The highest BCUT2D eigenvalue weighted by Gasteiger charge is 2.26. The SMILES string of the molecule is CCn1nnc2c(C)c([C@@H](CC(=O)OC(C)(C)C)c3ccc(Cl)c(CO)c3)ccc21. The van der Waals surface area contributed by atoms with Crippen molar-refractivity contribution in [1.29, 1.82) is 0 Å². The maximum absolute atomic E-state index is 12.7. The molecule has 0 aliphatic heterocycles. The molecule has 160 valence electrons. The van der Waals surface area contributed by atoms with Crippen molar-refractivity contribution >= 4 is 28.6 Å². The Bertz CT molecular complexity index is 1070. The van der Waals surface area contributed by atoms with Gasteiger partial charge in [0.25, 0.3) is 0 Å². The van der Waals surface area contributed by atoms with Crippen molar-refractivity contribution in [3.8, 4) is 0 Å². The summed E-state index contributed by atoms with van der Waals surface area (Å²) in [5, 5.41) is 18.7. The third kappa shape index (κ3) is 4.65. The lowest BCUT2D eigenvalue weighted by Gasteiger charge is -2.24. The van der Waals surface area contributed by atoms with Crippen LogP contribution in [0.4, 0.5) is 0 Å². The smallest absolute Gasteiger partial charge is 0.307 e. The Hall–Kier alpha value is -2.44. The number of aliphatic hydroxyl groups excluding tert-OH is 1. The molecule has 0 saturated heterocycles. The second-order valence-electron chi connectivity index (χ2n) is 8.40. The predicted molar refractivity (Wildman–Crippen MR) is 118 cm³/mol. The standard InChI is InChI=1S/C23H28ClN3O3/c1-6-27-20-10-8-17(14(2)22(20)25-26-27)18(12-21(29)30-23(3,4)5)15-7-9-19(24)16(11-15)13-28/h7-11,18,28H,6,12-13H2,1-5H3/t18-/m0/s1. The lowest BCUT2D eigenvalue weighted by molar-refractivity contribution is -0.155. The zero-order valence-corrected chi connectivity index (χ0v) is 18.8. The van der Waals surface area contributed by atoms with Crippen LogP contribution in [0, 0.1) is 6.92 Å². The molecule has 0 bridgehead atoms. The molecular weight excluding hydrogens is 402 g/mol. The van der Waals surface area contributed by atoms with E-state index in [-0.39, 0.29) is 24.9 Å². The van der Waals surface area contributed by atoms with Crippen LogP contribution in [0.5, 0.6) is 0 Å². The summed E-state index contributed by atoms with van der Waals surface area (Å²) in [6, 6.07) is 9.51. The summed E-state index contributed by atoms with van der Waals surface area (Å²) in [7, 11) is 0. The summed E-state index contributed by atoms with van der Waals surface area (Å²) in [5.41, 5.74) is 4.67. The van der Waals surface area contributed by atoms with Crippen molar-refractivity contribution in [3.63, 3.8) is 0 Å². The van der Waals surface area contributed by atoms with Gasteiger partial charge in [0, 0.05) is 17.5 Å². The Morgan fingerprint density at radius 3 is 2.63 bits per heavy atom. The first-order valence-corrected chi connectivity index (χ1v) is 10.5. The van der Waals surface area contributed by atoms with Crippen molar-refractivity contribution in [1.82, 2.24) is 15.0 Å². The van der Waals surface area contributed by atoms with Crippen molar-refractivity contribution in [2.24, 2.45) is 0 Å². The number of aliphatic hydroxyl groups is 1. The van der Waals surface area contributed by atoms with Gasteiger partial charge in [-0.1, -0.05) is 35.0 Å². The lowest BCUT2D eigenvalue weighted by Crippen LogP contribution is -2.25. The van der Waals surface area contributed by atoms with Crippen LogP contribution in [-0.2, 0) is 22.7 Å². The second kappa shape index (κ2) is 8.74. The molecule has 0 aliphatic rings. The number of carbonyl (C=O) groups excluding carboxylic acids is 1. The number of aryl methyl sites for hydroxylation is 2. The fraction of sp³-hybridized carbons (Fsp3) is 0.435. The molecule has 0 fully saturated rings. The average molecular weight is 430 g/mol. The molecule has 3 rings (SSSR count). The van der Waals surface area contributed by atoms with Gasteiger partial charge >= 0.3 is 5.97 Å². The number of rotatable bonds is 6. The molecule has 1 N–H and O–H groups in total. The van der Waals surface area contributed by atoms with E-state index in [0.29, 0.717) is 10.6 Å². The number of aromatic nitrogens is 3. The molecule has 30 heavy (non-hydrogen) atoms. The molecule has 0 aliphatic carbocycles. The van der Waals surface area contributed by atoms with Crippen LogP contribution < -0.4 is 0 Å². The van der Waals surface area contributed by atoms with Gasteiger partial charge in [-0.25, -0.2) is 4.68 Å². The summed E-state index contributed by atoms with van der Waals surface area (Å²) in [6.45, 7) is 10.1. The zero-order valence-electron chi connectivity index (χ0n) is 18.1. The van der Waals surface area contributed by atoms with Gasteiger partial charge < -0.3 is 9.84 Å². The fourth-order valence-corrected chi connectivity index (χ4v) is 3.86. The molecule has 7 heteroatoms. The Morgan fingerprint density at radius 2 is 2.00 bits per heavy atom. The minimum absolute atomic E-state index is 0.165. The molecular formula is C23H28ClN3O3. The molecule has 1 atom stereocenters. The molecule has 0 spiro atoms. The molecule has 2 aromatic carbocycles. The lowest BCUT2D eigenvalue weighted by atomic mass is 9.85. The van der Waals surface area contributed by atoms with Crippen LogP contribution in [-0.4, -0.2) is 31.7 Å². The number of benzene rings is 2. The largest absolute Gasteiger partial charge is 0.460 e. The van der Waals surface area contributed by atoms with E-state index in [4.69, 9.17) is 16.3 Å². The van der Waals surface area contributed by atoms with Crippen molar-refractivity contribution in [3.05, 3.63) is 57.6 Å². The maximum atomic E-state index is 12.7. The molecule has 0 amide bonds. The normalized spacial score (nSPS) is 12.9. The number of hydrogen-bond acceptors (Lipinski definition) is 5. The zero-order chi connectivity index (χ0) is 22.1. The van der Waals surface area contributed by atoms with E-state index in [1.165, 1.54) is 0 Å². The van der Waals surface area contributed by atoms with Crippen LogP contribution in [0.1, 0.15) is 62.3 Å². The second-order valence-corrected chi connectivity index (χ2v) is 8.81. The number of carbonyl (C=O) groups is 1. The molecule has 0 saturated carbocycles. The van der Waals surface area contributed by atoms with Gasteiger partial charge in [-0.3, -0.25) is 4.79 Å². The first-order chi connectivity index (χ1) is 14.1. The van der Waals surface area contributed by atoms with Crippen LogP contribution in [0.3, 0.4) is 0 Å². The van der Waals surface area contributed by atoms with Gasteiger partial charge in [0.15, 0.2) is 0 Å². The fourth-order valence-electron chi connectivity index (χ4n) is 3.68. The molecule has 3 aromatic rings. The number of esters is 1. The van der Waals surface area contributed by atoms with Gasteiger partial charge in [0.1, 0.15) is 11.1 Å². The minimum Gasteiger partial charge on any atom is -0.460 e.